The summed E-state index contributed by atoms with van der Waals surface area (Å²) in [7, 11) is 0. The van der Waals surface area contributed by atoms with E-state index in [4.69, 9.17) is 22.6 Å². The molecule has 0 aliphatic carbocycles. The summed E-state index contributed by atoms with van der Waals surface area (Å²) in [5.41, 5.74) is 5.73. The van der Waals surface area contributed by atoms with Gasteiger partial charge in [-0.3, -0.25) is 9.69 Å². The fourth-order valence-corrected chi connectivity index (χ4v) is 1.73. The van der Waals surface area contributed by atoms with Gasteiger partial charge in [-0.05, 0) is 0 Å². The van der Waals surface area contributed by atoms with Crippen molar-refractivity contribution in [2.45, 2.75) is 11.8 Å². The molecular formula is C9H8ClN5O. The van der Waals surface area contributed by atoms with Gasteiger partial charge in [-0.15, -0.1) is 11.6 Å². The number of nitrogens with zero attached hydrogens (tertiary/aromatic N) is 4. The van der Waals surface area contributed by atoms with Crippen molar-refractivity contribution in [3.63, 3.8) is 0 Å². The average Bonchev–Trinajstić information content (AvgIpc) is 2.58. The summed E-state index contributed by atoms with van der Waals surface area (Å²) in [5.74, 6) is 0.132. The molecule has 1 aliphatic rings. The Morgan fingerprint density at radius 3 is 2.94 bits per heavy atom. The molecule has 7 heteroatoms. The second-order valence-electron chi connectivity index (χ2n) is 3.39. The van der Waals surface area contributed by atoms with E-state index in [1.165, 1.54) is 11.1 Å². The smallest absolute Gasteiger partial charge is 0.234 e. The van der Waals surface area contributed by atoms with E-state index in [-0.39, 0.29) is 35.0 Å². The van der Waals surface area contributed by atoms with Gasteiger partial charge in [-0.2, -0.15) is 10.2 Å². The quantitative estimate of drug-likeness (QED) is 0.708. The first-order valence-electron chi connectivity index (χ1n) is 4.59. The molecule has 1 aromatic heterocycles. The van der Waals surface area contributed by atoms with Crippen LogP contribution < -0.4 is 10.6 Å². The minimum Gasteiger partial charge on any atom is -0.382 e. The van der Waals surface area contributed by atoms with Gasteiger partial charge in [0.2, 0.25) is 11.9 Å². The van der Waals surface area contributed by atoms with Crippen molar-refractivity contribution in [1.29, 1.82) is 5.26 Å². The van der Waals surface area contributed by atoms with Crippen molar-refractivity contribution >= 4 is 29.3 Å². The Morgan fingerprint density at radius 2 is 2.44 bits per heavy atom. The van der Waals surface area contributed by atoms with E-state index in [1.807, 2.05) is 6.07 Å². The number of halogens is 1. The number of carbonyl (C=O) groups is 1. The molecule has 2 heterocycles. The SMILES string of the molecule is N#Cc1cnc(N2CC(Cl)CC2=O)nc1N. The summed E-state index contributed by atoms with van der Waals surface area (Å²) in [6.07, 6.45) is 1.57. The van der Waals surface area contributed by atoms with Crippen LogP contribution in [0.15, 0.2) is 6.20 Å². The second kappa shape index (κ2) is 3.94. The predicted molar refractivity (Wildman–Crippen MR) is 57.8 cm³/mol. The monoisotopic (exact) mass is 237 g/mol. The lowest BCUT2D eigenvalue weighted by molar-refractivity contribution is -0.117. The van der Waals surface area contributed by atoms with Crippen LogP contribution in [0.1, 0.15) is 12.0 Å². The van der Waals surface area contributed by atoms with Crippen molar-refractivity contribution in [1.82, 2.24) is 9.97 Å². The van der Waals surface area contributed by atoms with E-state index in [0.29, 0.717) is 6.54 Å². The fraction of sp³-hybridized carbons (Fsp3) is 0.333. The van der Waals surface area contributed by atoms with Crippen LogP contribution in [0.2, 0.25) is 0 Å². The Balaban J connectivity index is 2.32. The van der Waals surface area contributed by atoms with Crippen molar-refractivity contribution in [2.24, 2.45) is 0 Å². The summed E-state index contributed by atoms with van der Waals surface area (Å²) in [5, 5.41) is 8.43. The van der Waals surface area contributed by atoms with E-state index < -0.39 is 0 Å². The number of nitrogen functional groups attached to an aromatic ring is 1. The largest absolute Gasteiger partial charge is 0.382 e. The minimum absolute atomic E-state index is 0.0679. The number of rotatable bonds is 1. The highest BCUT2D eigenvalue weighted by Crippen LogP contribution is 2.22. The van der Waals surface area contributed by atoms with E-state index in [2.05, 4.69) is 9.97 Å². The molecule has 0 saturated carbocycles. The number of aromatic nitrogens is 2. The molecule has 1 atom stereocenters. The molecule has 2 rings (SSSR count). The van der Waals surface area contributed by atoms with Crippen LogP contribution in [0.3, 0.4) is 0 Å². The zero-order valence-electron chi connectivity index (χ0n) is 8.22. The van der Waals surface area contributed by atoms with Gasteiger partial charge in [0.1, 0.15) is 17.5 Å². The molecule has 1 unspecified atom stereocenters. The van der Waals surface area contributed by atoms with E-state index in [1.54, 1.807) is 0 Å². The van der Waals surface area contributed by atoms with Gasteiger partial charge in [0.25, 0.3) is 0 Å². The molecule has 82 valence electrons. The fourth-order valence-electron chi connectivity index (χ4n) is 1.46. The topological polar surface area (TPSA) is 95.9 Å². The molecule has 1 saturated heterocycles. The Labute approximate surface area is 96.6 Å². The first kappa shape index (κ1) is 10.6. The highest BCUT2D eigenvalue weighted by molar-refractivity contribution is 6.24. The standard InChI is InChI=1S/C9H8ClN5O/c10-6-1-7(16)15(4-6)9-13-3-5(2-11)8(12)14-9/h3,6H,1,4H2,(H2,12,13,14). The number of amides is 1. The highest BCUT2D eigenvalue weighted by Gasteiger charge is 2.31. The molecule has 2 N–H and O–H groups in total. The van der Waals surface area contributed by atoms with Gasteiger partial charge in [0, 0.05) is 13.0 Å². The molecular weight excluding hydrogens is 230 g/mol. The number of alkyl halides is 1. The molecule has 1 aliphatic heterocycles. The van der Waals surface area contributed by atoms with Crippen molar-refractivity contribution in [2.75, 3.05) is 17.2 Å². The van der Waals surface area contributed by atoms with Gasteiger partial charge in [0.05, 0.1) is 11.6 Å². The zero-order chi connectivity index (χ0) is 11.7. The van der Waals surface area contributed by atoms with Gasteiger partial charge in [-0.25, -0.2) is 4.98 Å². The van der Waals surface area contributed by atoms with E-state index >= 15 is 0 Å². The normalized spacial score (nSPS) is 19.9. The highest BCUT2D eigenvalue weighted by atomic mass is 35.5. The van der Waals surface area contributed by atoms with Crippen LogP contribution in [0.25, 0.3) is 0 Å². The molecule has 1 aromatic rings. The van der Waals surface area contributed by atoms with Crippen molar-refractivity contribution in [3.8, 4) is 6.07 Å². The summed E-state index contributed by atoms with van der Waals surface area (Å²) in [6.45, 7) is 0.367. The van der Waals surface area contributed by atoms with Gasteiger partial charge in [0.15, 0.2) is 0 Å². The molecule has 16 heavy (non-hydrogen) atoms. The lowest BCUT2D eigenvalue weighted by Crippen LogP contribution is -2.27. The van der Waals surface area contributed by atoms with Gasteiger partial charge in [-0.1, -0.05) is 0 Å². The summed E-state index contributed by atoms with van der Waals surface area (Å²) >= 11 is 5.85. The van der Waals surface area contributed by atoms with Crippen LogP contribution in [-0.2, 0) is 4.79 Å². The first-order chi connectivity index (χ1) is 7.61. The maximum Gasteiger partial charge on any atom is 0.234 e. The van der Waals surface area contributed by atoms with Gasteiger partial charge >= 0.3 is 0 Å². The third-order valence-electron chi connectivity index (χ3n) is 2.25. The van der Waals surface area contributed by atoms with Crippen molar-refractivity contribution < 1.29 is 4.79 Å². The van der Waals surface area contributed by atoms with Crippen LogP contribution in [-0.4, -0.2) is 27.8 Å². The lowest BCUT2D eigenvalue weighted by Gasteiger charge is -2.13. The van der Waals surface area contributed by atoms with Crippen LogP contribution in [0, 0.1) is 11.3 Å². The summed E-state index contributed by atoms with van der Waals surface area (Å²) < 4.78 is 0. The van der Waals surface area contributed by atoms with Gasteiger partial charge < -0.3 is 5.73 Å². The molecule has 6 nitrogen and oxygen atoms in total. The maximum atomic E-state index is 11.5. The number of anilines is 2. The number of hydrogen-bond donors (Lipinski definition) is 1. The second-order valence-corrected chi connectivity index (χ2v) is 4.00. The number of hydrogen-bond acceptors (Lipinski definition) is 5. The number of carbonyl (C=O) groups excluding carboxylic acids is 1. The Morgan fingerprint density at radius 1 is 1.69 bits per heavy atom. The average molecular weight is 238 g/mol. The molecule has 0 aromatic carbocycles. The van der Waals surface area contributed by atoms with E-state index in [0.717, 1.165) is 0 Å². The number of nitrogens with two attached hydrogens (primary N) is 1. The predicted octanol–water partition coefficient (Wildman–Crippen LogP) is 0.275. The third-order valence-corrected chi connectivity index (χ3v) is 2.54. The molecule has 0 radical (unpaired) electrons. The molecule has 0 spiro atoms. The first-order valence-corrected chi connectivity index (χ1v) is 5.02. The van der Waals surface area contributed by atoms with Crippen LogP contribution in [0.5, 0.6) is 0 Å². The van der Waals surface area contributed by atoms with Crippen molar-refractivity contribution in [3.05, 3.63) is 11.8 Å². The Bertz CT molecular complexity index is 483. The summed E-state index contributed by atoms with van der Waals surface area (Å²) in [4.78, 5) is 20.7. The van der Waals surface area contributed by atoms with Crippen LogP contribution in [0.4, 0.5) is 11.8 Å². The Kier molecular flexibility index (Phi) is 2.62. The minimum atomic E-state index is -0.229. The van der Waals surface area contributed by atoms with Crippen LogP contribution >= 0.6 is 11.6 Å². The molecule has 0 bridgehead atoms. The maximum absolute atomic E-state index is 11.5. The van der Waals surface area contributed by atoms with E-state index in [9.17, 15) is 4.79 Å². The summed E-state index contributed by atoms with van der Waals surface area (Å²) in [6, 6.07) is 1.85. The molecule has 1 amide bonds. The number of nitriles is 1. The molecule has 1 fully saturated rings. The zero-order valence-corrected chi connectivity index (χ0v) is 8.98. The lowest BCUT2D eigenvalue weighted by atomic mass is 10.3. The Hall–Kier alpha value is -1.87. The third kappa shape index (κ3) is 1.77.